The summed E-state index contributed by atoms with van der Waals surface area (Å²) >= 11 is 0. The first-order valence-electron chi connectivity index (χ1n) is 14.0. The topological polar surface area (TPSA) is 90.2 Å². The lowest BCUT2D eigenvalue weighted by atomic mass is 9.62. The normalized spacial score (nSPS) is 35.9. The third-order valence-electron chi connectivity index (χ3n) is 9.86. The molecule has 3 fully saturated rings. The van der Waals surface area contributed by atoms with Crippen molar-refractivity contribution in [1.29, 1.82) is 0 Å². The van der Waals surface area contributed by atoms with Crippen LogP contribution in [-0.2, 0) is 4.74 Å². The molecule has 3 saturated carbocycles. The van der Waals surface area contributed by atoms with Crippen LogP contribution in [0.3, 0.4) is 0 Å². The zero-order valence-corrected chi connectivity index (χ0v) is 22.5. The molecule has 0 radical (unpaired) electrons. The van der Waals surface area contributed by atoms with Crippen molar-refractivity contribution in [3.8, 4) is 0 Å². The van der Waals surface area contributed by atoms with Gasteiger partial charge in [0.05, 0.1) is 30.5 Å². The van der Waals surface area contributed by atoms with E-state index in [1.54, 1.807) is 0 Å². The van der Waals surface area contributed by atoms with Gasteiger partial charge in [0, 0.05) is 12.5 Å². The van der Waals surface area contributed by atoms with Crippen molar-refractivity contribution < 1.29 is 25.2 Å². The molecule has 0 aromatic carbocycles. The number of aliphatic hydroxyl groups is 4. The van der Waals surface area contributed by atoms with Crippen LogP contribution in [0.5, 0.6) is 0 Å². The lowest BCUT2D eigenvalue weighted by Crippen LogP contribution is -2.42. The van der Waals surface area contributed by atoms with Gasteiger partial charge in [0.25, 0.3) is 0 Å². The number of aliphatic hydroxyl groups excluding tert-OH is 3. The molecule has 4 N–H and O–H groups in total. The summed E-state index contributed by atoms with van der Waals surface area (Å²) in [5, 5.41) is 40.9. The number of allylic oxidation sites excluding steroid dienone is 3. The maximum Gasteiger partial charge on any atom is 0.0901 e. The maximum atomic E-state index is 10.6. The molecule has 7 atom stereocenters. The van der Waals surface area contributed by atoms with E-state index in [9.17, 15) is 20.4 Å². The first kappa shape index (κ1) is 28.6. The van der Waals surface area contributed by atoms with Crippen molar-refractivity contribution in [3.63, 3.8) is 0 Å². The van der Waals surface area contributed by atoms with Gasteiger partial charge in [-0.1, -0.05) is 45.1 Å². The van der Waals surface area contributed by atoms with Gasteiger partial charge in [0.15, 0.2) is 0 Å². The molecular weight excluding hydrogens is 440 g/mol. The van der Waals surface area contributed by atoms with Crippen LogP contribution in [0, 0.1) is 23.2 Å². The Balaban J connectivity index is 1.65. The maximum absolute atomic E-state index is 10.6. The molecule has 5 nitrogen and oxygen atoms in total. The third kappa shape index (κ3) is 6.13. The second kappa shape index (κ2) is 12.0. The first-order chi connectivity index (χ1) is 16.6. The van der Waals surface area contributed by atoms with Gasteiger partial charge >= 0.3 is 0 Å². The molecule has 0 aromatic rings. The van der Waals surface area contributed by atoms with Gasteiger partial charge in [-0.25, -0.2) is 0 Å². The van der Waals surface area contributed by atoms with E-state index in [4.69, 9.17) is 4.74 Å². The molecule has 35 heavy (non-hydrogen) atoms. The van der Waals surface area contributed by atoms with Crippen molar-refractivity contribution in [1.82, 2.24) is 0 Å². The molecule has 3 rings (SSSR count). The molecule has 5 heteroatoms. The smallest absolute Gasteiger partial charge is 0.0901 e. The number of hydrogen-bond donors (Lipinski definition) is 4. The van der Waals surface area contributed by atoms with Crippen molar-refractivity contribution in [2.45, 2.75) is 116 Å². The Labute approximate surface area is 213 Å². The van der Waals surface area contributed by atoms with Gasteiger partial charge in [-0.3, -0.25) is 0 Å². The number of fused-ring (bicyclic) bond motifs is 1. The highest BCUT2D eigenvalue weighted by atomic mass is 16.5. The Morgan fingerprint density at radius 2 is 1.94 bits per heavy atom. The quantitative estimate of drug-likeness (QED) is 0.343. The van der Waals surface area contributed by atoms with Crippen LogP contribution < -0.4 is 0 Å². The largest absolute Gasteiger partial charge is 0.396 e. The van der Waals surface area contributed by atoms with Crippen LogP contribution in [0.4, 0.5) is 0 Å². The highest BCUT2D eigenvalue weighted by Gasteiger charge is 2.51. The molecule has 0 spiro atoms. The van der Waals surface area contributed by atoms with Gasteiger partial charge in [-0.15, -0.1) is 0 Å². The minimum Gasteiger partial charge on any atom is -0.396 e. The molecule has 0 bridgehead atoms. The van der Waals surface area contributed by atoms with E-state index in [1.165, 1.54) is 24.8 Å². The van der Waals surface area contributed by atoms with E-state index < -0.39 is 17.8 Å². The van der Waals surface area contributed by atoms with Crippen molar-refractivity contribution in [3.05, 3.63) is 35.5 Å². The average Bonchev–Trinajstić information content (AvgIpc) is 3.21. The molecule has 0 unspecified atom stereocenters. The van der Waals surface area contributed by atoms with E-state index in [-0.39, 0.29) is 24.0 Å². The molecule has 3 aliphatic rings. The molecular formula is C30H50O5. The second-order valence-electron chi connectivity index (χ2n) is 11.7. The van der Waals surface area contributed by atoms with Gasteiger partial charge in [-0.05, 0) is 99.5 Å². The summed E-state index contributed by atoms with van der Waals surface area (Å²) in [6.45, 7) is 13.2. The molecule has 0 heterocycles. The summed E-state index contributed by atoms with van der Waals surface area (Å²) in [6, 6.07) is 0. The first-order valence-corrected chi connectivity index (χ1v) is 14.0. The molecule has 0 aliphatic heterocycles. The molecule has 0 saturated heterocycles. The van der Waals surface area contributed by atoms with Crippen LogP contribution >= 0.6 is 0 Å². The Bertz CT molecular complexity index is 782. The Hall–Kier alpha value is -0.980. The second-order valence-corrected chi connectivity index (χ2v) is 11.7. The zero-order valence-electron chi connectivity index (χ0n) is 22.5. The minimum atomic E-state index is -1.02. The Morgan fingerprint density at radius 3 is 2.60 bits per heavy atom. The number of ether oxygens (including phenoxy) is 1. The average molecular weight is 491 g/mol. The molecule has 0 amide bonds. The predicted octanol–water partition coefficient (Wildman–Crippen LogP) is 5.08. The Kier molecular flexibility index (Phi) is 9.84. The van der Waals surface area contributed by atoms with E-state index >= 15 is 0 Å². The minimum absolute atomic E-state index is 0.0390. The van der Waals surface area contributed by atoms with E-state index in [0.717, 1.165) is 24.0 Å². The fourth-order valence-corrected chi connectivity index (χ4v) is 7.29. The van der Waals surface area contributed by atoms with Gasteiger partial charge in [0.1, 0.15) is 0 Å². The van der Waals surface area contributed by atoms with Crippen LogP contribution in [0.15, 0.2) is 35.5 Å². The van der Waals surface area contributed by atoms with Crippen LogP contribution in [-0.4, -0.2) is 57.6 Å². The van der Waals surface area contributed by atoms with E-state index in [1.807, 2.05) is 13.8 Å². The van der Waals surface area contributed by atoms with E-state index in [0.29, 0.717) is 50.5 Å². The van der Waals surface area contributed by atoms with Gasteiger partial charge in [0.2, 0.25) is 0 Å². The monoisotopic (exact) mass is 490 g/mol. The molecule has 3 aliphatic carbocycles. The third-order valence-corrected chi connectivity index (χ3v) is 9.86. The fourth-order valence-electron chi connectivity index (χ4n) is 7.29. The number of hydrogen-bond acceptors (Lipinski definition) is 5. The summed E-state index contributed by atoms with van der Waals surface area (Å²) in [4.78, 5) is 0. The van der Waals surface area contributed by atoms with E-state index in [2.05, 4.69) is 32.6 Å². The summed E-state index contributed by atoms with van der Waals surface area (Å²) in [6.07, 6.45) is 12.0. The van der Waals surface area contributed by atoms with Crippen molar-refractivity contribution in [2.75, 3.05) is 13.2 Å². The van der Waals surface area contributed by atoms with Crippen LogP contribution in [0.25, 0.3) is 0 Å². The summed E-state index contributed by atoms with van der Waals surface area (Å²) < 4.78 is 6.27. The van der Waals surface area contributed by atoms with Crippen LogP contribution in [0.2, 0.25) is 0 Å². The van der Waals surface area contributed by atoms with Gasteiger partial charge in [-0.2, -0.15) is 0 Å². The van der Waals surface area contributed by atoms with Crippen molar-refractivity contribution in [2.24, 2.45) is 23.2 Å². The van der Waals surface area contributed by atoms with Crippen LogP contribution in [0.1, 0.15) is 91.9 Å². The van der Waals surface area contributed by atoms with Crippen molar-refractivity contribution >= 4 is 0 Å². The number of rotatable bonds is 10. The Morgan fingerprint density at radius 1 is 1.23 bits per heavy atom. The van der Waals surface area contributed by atoms with Gasteiger partial charge < -0.3 is 25.2 Å². The highest BCUT2D eigenvalue weighted by molar-refractivity contribution is 5.38. The molecule has 200 valence electrons. The lowest BCUT2D eigenvalue weighted by molar-refractivity contribution is -0.0997. The summed E-state index contributed by atoms with van der Waals surface area (Å²) in [5.74, 6) is 0.968. The highest BCUT2D eigenvalue weighted by Crippen LogP contribution is 2.58. The lowest BCUT2D eigenvalue weighted by Gasteiger charge is -2.44. The SMILES string of the molecule is C=C1/C(=C\C=C2/CCC[C@]3(C)[C@@H]([C@@H](C)OCC[C@H](O)C(O)(CC)CC)CC[C@@H]23)C[C@@H](O)C[C@@H]1CO. The summed E-state index contributed by atoms with van der Waals surface area (Å²) in [5.41, 5.74) is 2.73. The molecule has 0 aromatic heterocycles. The summed E-state index contributed by atoms with van der Waals surface area (Å²) in [7, 11) is 0. The zero-order chi connectivity index (χ0) is 25.8. The standard InChI is InChI=1S/C30H50O5/c1-6-30(34,7-2)28(33)14-16-35-21(4)26-12-13-27-22(9-8-15-29(26,27)5)10-11-23-17-25(32)18-24(19-31)20(23)3/h10-11,21,24-28,31-34H,3,6-9,12-19H2,1-2,4-5H3/b22-10+,23-11-/t21-,24-,25-,26-,27+,28+,29-/m1/s1. The fraction of sp³-hybridized carbons (Fsp3) is 0.800. The predicted molar refractivity (Wildman–Crippen MR) is 141 cm³/mol.